The van der Waals surface area contributed by atoms with E-state index in [1.165, 1.54) is 51.4 Å². The normalized spacial score (nSPS) is 9.67. The number of hydrogen-bond donors (Lipinski definition) is 2. The summed E-state index contributed by atoms with van der Waals surface area (Å²) in [6.07, 6.45) is 10.9. The average Bonchev–Trinajstić information content (AvgIpc) is 2.15. The third kappa shape index (κ3) is 16.8. The maximum Gasteiger partial charge on any atom is 0.299 e. The predicted molar refractivity (Wildman–Crippen MR) is 66.2 cm³/mol. The highest BCUT2D eigenvalue weighted by Gasteiger charge is 1.96. The summed E-state index contributed by atoms with van der Waals surface area (Å²) in [5.74, 6) is 1.08. The minimum Gasteiger partial charge on any atom is -1.00 e. The van der Waals surface area contributed by atoms with Crippen LogP contribution < -0.4 is 23.5 Å². The van der Waals surface area contributed by atoms with Crippen LogP contribution in [-0.4, -0.2) is 10.9 Å². The van der Waals surface area contributed by atoms with E-state index in [1.807, 2.05) is 0 Å². The molecule has 0 heterocycles. The number of thioether (sulfide) groups is 1. The van der Waals surface area contributed by atoms with Gasteiger partial charge in [-0.2, -0.15) is 0 Å². The SMILES string of the molecule is CCCCCCCCCCSC(N)=[NH2+].[Cl-]. The van der Waals surface area contributed by atoms with Crippen molar-refractivity contribution in [2.45, 2.75) is 58.3 Å². The van der Waals surface area contributed by atoms with Gasteiger partial charge in [0.25, 0.3) is 5.17 Å². The van der Waals surface area contributed by atoms with E-state index in [0.29, 0.717) is 5.17 Å². The van der Waals surface area contributed by atoms with E-state index in [0.717, 1.165) is 5.75 Å². The van der Waals surface area contributed by atoms with Crippen LogP contribution in [0.4, 0.5) is 0 Å². The lowest BCUT2D eigenvalue weighted by molar-refractivity contribution is -0.110. The van der Waals surface area contributed by atoms with Gasteiger partial charge >= 0.3 is 0 Å². The van der Waals surface area contributed by atoms with Gasteiger partial charge in [-0.3, -0.25) is 11.1 Å². The van der Waals surface area contributed by atoms with E-state index in [-0.39, 0.29) is 12.4 Å². The molecule has 0 aromatic carbocycles. The minimum absolute atomic E-state index is 0. The molecule has 0 aliphatic carbocycles. The number of amidine groups is 1. The molecule has 0 aromatic rings. The molecule has 0 atom stereocenters. The van der Waals surface area contributed by atoms with Crippen molar-refractivity contribution in [3.63, 3.8) is 0 Å². The van der Waals surface area contributed by atoms with Crippen molar-refractivity contribution in [2.75, 3.05) is 5.75 Å². The third-order valence-corrected chi connectivity index (χ3v) is 3.09. The first-order valence-corrected chi connectivity index (χ1v) is 6.76. The van der Waals surface area contributed by atoms with Crippen LogP contribution in [0.3, 0.4) is 0 Å². The zero-order chi connectivity index (χ0) is 10.6. The Labute approximate surface area is 105 Å². The molecule has 2 nitrogen and oxygen atoms in total. The van der Waals surface area contributed by atoms with Gasteiger partial charge in [0.1, 0.15) is 0 Å². The first-order chi connectivity index (χ1) is 6.77. The van der Waals surface area contributed by atoms with E-state index in [2.05, 4.69) is 6.92 Å². The molecule has 0 unspecified atom stereocenters. The van der Waals surface area contributed by atoms with Crippen LogP contribution in [0.2, 0.25) is 0 Å². The van der Waals surface area contributed by atoms with E-state index in [1.54, 1.807) is 11.8 Å². The molecule has 0 rings (SSSR count). The molecule has 0 aromatic heterocycles. The molecule has 92 valence electrons. The summed E-state index contributed by atoms with van der Waals surface area (Å²) >= 11 is 1.58. The minimum atomic E-state index is 0. The second-order valence-corrected chi connectivity index (χ2v) is 4.89. The summed E-state index contributed by atoms with van der Waals surface area (Å²) in [4.78, 5) is 0. The summed E-state index contributed by atoms with van der Waals surface area (Å²) in [6, 6.07) is 0. The monoisotopic (exact) mass is 252 g/mol. The predicted octanol–water partition coefficient (Wildman–Crippen LogP) is -1.06. The van der Waals surface area contributed by atoms with Crippen LogP contribution in [0.25, 0.3) is 0 Å². The summed E-state index contributed by atoms with van der Waals surface area (Å²) in [5, 5.41) is 5.85. The summed E-state index contributed by atoms with van der Waals surface area (Å²) in [7, 11) is 0. The van der Waals surface area contributed by atoms with Gasteiger partial charge in [-0.15, -0.1) is 0 Å². The number of nitrogens with two attached hydrogens (primary N) is 2. The Kier molecular flexibility index (Phi) is 16.5. The van der Waals surface area contributed by atoms with E-state index >= 15 is 0 Å². The zero-order valence-corrected chi connectivity index (χ0v) is 11.4. The van der Waals surface area contributed by atoms with Gasteiger partial charge in [-0.1, -0.05) is 51.9 Å². The van der Waals surface area contributed by atoms with E-state index in [4.69, 9.17) is 11.1 Å². The fraction of sp³-hybridized carbons (Fsp3) is 0.909. The zero-order valence-electron chi connectivity index (χ0n) is 9.80. The van der Waals surface area contributed by atoms with Crippen molar-refractivity contribution in [1.82, 2.24) is 0 Å². The Hall–Kier alpha value is 0.110. The fourth-order valence-electron chi connectivity index (χ4n) is 1.43. The first-order valence-electron chi connectivity index (χ1n) is 5.78. The molecule has 4 N–H and O–H groups in total. The van der Waals surface area contributed by atoms with E-state index in [9.17, 15) is 0 Å². The molecular formula is C11H25ClN2S. The Morgan fingerprint density at radius 2 is 1.47 bits per heavy atom. The Morgan fingerprint density at radius 3 is 1.93 bits per heavy atom. The van der Waals surface area contributed by atoms with Crippen molar-refractivity contribution in [3.8, 4) is 0 Å². The Balaban J connectivity index is 0. The van der Waals surface area contributed by atoms with Gasteiger partial charge in [-0.25, -0.2) is 0 Å². The lowest BCUT2D eigenvalue weighted by atomic mass is 10.1. The van der Waals surface area contributed by atoms with Crippen LogP contribution in [-0.2, 0) is 0 Å². The Bertz CT molecular complexity index is 143. The van der Waals surface area contributed by atoms with Crippen molar-refractivity contribution >= 4 is 16.9 Å². The lowest BCUT2D eigenvalue weighted by Crippen LogP contribution is -3.00. The number of halogens is 1. The molecular weight excluding hydrogens is 228 g/mol. The molecule has 0 aliphatic heterocycles. The number of hydrogen-bond acceptors (Lipinski definition) is 1. The fourth-order valence-corrected chi connectivity index (χ4v) is 2.01. The smallest absolute Gasteiger partial charge is 0.299 e. The van der Waals surface area contributed by atoms with Crippen LogP contribution in [0.1, 0.15) is 58.3 Å². The van der Waals surface area contributed by atoms with Gasteiger partial charge < -0.3 is 12.4 Å². The van der Waals surface area contributed by atoms with Gasteiger partial charge in [0.2, 0.25) is 0 Å². The number of unbranched alkanes of at least 4 members (excludes halogenated alkanes) is 7. The third-order valence-electron chi connectivity index (χ3n) is 2.27. The molecule has 0 bridgehead atoms. The summed E-state index contributed by atoms with van der Waals surface area (Å²) in [5.41, 5.74) is 5.35. The Morgan fingerprint density at radius 1 is 1.00 bits per heavy atom. The molecule has 0 fully saturated rings. The van der Waals surface area contributed by atoms with Gasteiger partial charge in [-0.05, 0) is 18.2 Å². The number of rotatable bonds is 9. The lowest BCUT2D eigenvalue weighted by Gasteiger charge is -2.00. The largest absolute Gasteiger partial charge is 1.00 e. The van der Waals surface area contributed by atoms with E-state index < -0.39 is 0 Å². The molecule has 0 spiro atoms. The highest BCUT2D eigenvalue weighted by molar-refractivity contribution is 8.13. The topological polar surface area (TPSA) is 51.6 Å². The summed E-state index contributed by atoms with van der Waals surface area (Å²) < 4.78 is 0. The molecule has 4 heteroatoms. The van der Waals surface area contributed by atoms with Crippen molar-refractivity contribution < 1.29 is 17.8 Å². The molecule has 15 heavy (non-hydrogen) atoms. The van der Waals surface area contributed by atoms with Crippen LogP contribution in [0.5, 0.6) is 0 Å². The van der Waals surface area contributed by atoms with Gasteiger partial charge in [0.15, 0.2) is 0 Å². The van der Waals surface area contributed by atoms with Gasteiger partial charge in [0.05, 0.1) is 0 Å². The van der Waals surface area contributed by atoms with Crippen molar-refractivity contribution in [1.29, 1.82) is 0 Å². The van der Waals surface area contributed by atoms with Gasteiger partial charge in [0, 0.05) is 5.75 Å². The molecule has 0 saturated heterocycles. The summed E-state index contributed by atoms with van der Waals surface area (Å²) in [6.45, 7) is 2.25. The maximum absolute atomic E-state index is 5.35. The quantitative estimate of drug-likeness (QED) is 0.312. The average molecular weight is 253 g/mol. The van der Waals surface area contributed by atoms with Crippen molar-refractivity contribution in [2.24, 2.45) is 5.73 Å². The van der Waals surface area contributed by atoms with Crippen LogP contribution in [0.15, 0.2) is 0 Å². The maximum atomic E-state index is 5.35. The highest BCUT2D eigenvalue weighted by Crippen LogP contribution is 2.10. The highest BCUT2D eigenvalue weighted by atomic mass is 35.5. The standard InChI is InChI=1S/C11H24N2S.ClH/c1-2-3-4-5-6-7-8-9-10-14-11(12)13;/h2-10H2,1H3,(H3,12,13);1H. The van der Waals surface area contributed by atoms with Crippen LogP contribution in [0, 0.1) is 0 Å². The second-order valence-electron chi connectivity index (χ2n) is 3.73. The molecule has 0 saturated carbocycles. The van der Waals surface area contributed by atoms with Crippen LogP contribution >= 0.6 is 11.8 Å². The second kappa shape index (κ2) is 14.1. The first kappa shape index (κ1) is 17.5. The molecule has 0 aliphatic rings. The molecule has 0 radical (unpaired) electrons. The van der Waals surface area contributed by atoms with Crippen molar-refractivity contribution in [3.05, 3.63) is 0 Å². The molecule has 0 amide bonds.